The minimum Gasteiger partial charge on any atom is -0.383 e. The van der Waals surface area contributed by atoms with Crippen molar-refractivity contribution in [2.24, 2.45) is 0 Å². The highest BCUT2D eigenvalue weighted by Crippen LogP contribution is 2.22. The lowest BCUT2D eigenvalue weighted by atomic mass is 10.1. The van der Waals surface area contributed by atoms with Crippen molar-refractivity contribution in [3.8, 4) is 0 Å². The molecule has 1 aromatic carbocycles. The van der Waals surface area contributed by atoms with Crippen molar-refractivity contribution in [2.75, 3.05) is 32.2 Å². The number of hydrogen-bond acceptors (Lipinski definition) is 3. The van der Waals surface area contributed by atoms with Gasteiger partial charge in [-0.3, -0.25) is 0 Å². The molecule has 0 radical (unpaired) electrons. The van der Waals surface area contributed by atoms with Gasteiger partial charge in [-0.25, -0.2) is 4.79 Å². The molecule has 1 aliphatic rings. The first-order chi connectivity index (χ1) is 11.6. The van der Waals surface area contributed by atoms with E-state index in [4.69, 9.17) is 9.47 Å². The van der Waals surface area contributed by atoms with Crippen LogP contribution in [0.15, 0.2) is 30.5 Å². The Bertz CT molecular complexity index is 713. The first-order valence-corrected chi connectivity index (χ1v) is 8.37. The highest BCUT2D eigenvalue weighted by atomic mass is 16.5. The Morgan fingerprint density at radius 3 is 3.00 bits per heavy atom. The van der Waals surface area contributed by atoms with Gasteiger partial charge in [0.05, 0.1) is 30.9 Å². The molecule has 3 rings (SSSR count). The van der Waals surface area contributed by atoms with Gasteiger partial charge in [0.2, 0.25) is 0 Å². The molecule has 6 heteroatoms. The average molecular weight is 331 g/mol. The summed E-state index contributed by atoms with van der Waals surface area (Å²) in [4.78, 5) is 14.4. The molecule has 1 saturated heterocycles. The Balaban J connectivity index is 1.75. The third kappa shape index (κ3) is 3.39. The summed E-state index contributed by atoms with van der Waals surface area (Å²) in [6.07, 6.45) is 2.10. The highest BCUT2D eigenvalue weighted by molar-refractivity contribution is 5.93. The normalized spacial score (nSPS) is 21.2. The van der Waals surface area contributed by atoms with Crippen molar-refractivity contribution in [3.05, 3.63) is 30.5 Å². The number of carbonyl (C=O) groups is 1. The van der Waals surface area contributed by atoms with Gasteiger partial charge < -0.3 is 24.3 Å². The molecule has 2 atom stereocenters. The molecular formula is C18H25N3O3. The van der Waals surface area contributed by atoms with Crippen molar-refractivity contribution in [3.63, 3.8) is 0 Å². The fraction of sp³-hybridized carbons (Fsp3) is 0.500. The van der Waals surface area contributed by atoms with E-state index < -0.39 is 0 Å². The van der Waals surface area contributed by atoms with Gasteiger partial charge in [0.25, 0.3) is 0 Å². The number of carbonyl (C=O) groups excluding carboxylic acids is 1. The molecule has 1 N–H and O–H groups in total. The van der Waals surface area contributed by atoms with E-state index in [1.54, 1.807) is 7.11 Å². The van der Waals surface area contributed by atoms with E-state index in [9.17, 15) is 4.79 Å². The molecule has 0 saturated carbocycles. The second kappa shape index (κ2) is 7.23. The van der Waals surface area contributed by atoms with Gasteiger partial charge in [-0.2, -0.15) is 0 Å². The standard InChI is InChI=1S/C18H25N3O3/c1-13-14(2)24-11-9-21(13)18(22)19-16-5-4-15-6-7-20(8-10-23-3)17(15)12-16/h4-7,12-14H,8-11H2,1-3H3,(H,19,22). The number of methoxy groups -OCH3 is 1. The molecule has 24 heavy (non-hydrogen) atoms. The molecule has 1 aromatic heterocycles. The van der Waals surface area contributed by atoms with Crippen LogP contribution in [0.25, 0.3) is 10.9 Å². The minimum absolute atomic E-state index is 0.0539. The number of morpholine rings is 1. The molecule has 2 heterocycles. The van der Waals surface area contributed by atoms with Crippen LogP contribution in [-0.2, 0) is 16.0 Å². The predicted molar refractivity (Wildman–Crippen MR) is 94.4 cm³/mol. The summed E-state index contributed by atoms with van der Waals surface area (Å²) in [6, 6.07) is 8.04. The minimum atomic E-state index is -0.0769. The van der Waals surface area contributed by atoms with E-state index in [1.807, 2.05) is 43.1 Å². The molecule has 2 aromatic rings. The molecule has 6 nitrogen and oxygen atoms in total. The summed E-state index contributed by atoms with van der Waals surface area (Å²) in [5.41, 5.74) is 1.89. The van der Waals surface area contributed by atoms with Crippen molar-refractivity contribution >= 4 is 22.6 Å². The number of benzene rings is 1. The van der Waals surface area contributed by atoms with E-state index in [0.29, 0.717) is 19.8 Å². The van der Waals surface area contributed by atoms with Crippen LogP contribution in [0.1, 0.15) is 13.8 Å². The van der Waals surface area contributed by atoms with Crippen molar-refractivity contribution in [1.82, 2.24) is 9.47 Å². The topological polar surface area (TPSA) is 55.7 Å². The quantitative estimate of drug-likeness (QED) is 0.937. The second-order valence-corrected chi connectivity index (χ2v) is 6.22. The zero-order chi connectivity index (χ0) is 17.1. The molecule has 1 fully saturated rings. The second-order valence-electron chi connectivity index (χ2n) is 6.22. The van der Waals surface area contributed by atoms with Crippen LogP contribution in [-0.4, -0.2) is 54.5 Å². The van der Waals surface area contributed by atoms with Gasteiger partial charge in [-0.1, -0.05) is 6.07 Å². The number of fused-ring (bicyclic) bond motifs is 1. The number of nitrogens with zero attached hydrogens (tertiary/aromatic N) is 2. The van der Waals surface area contributed by atoms with Crippen LogP contribution in [0.3, 0.4) is 0 Å². The predicted octanol–water partition coefficient (Wildman–Crippen LogP) is 2.93. The summed E-state index contributed by atoms with van der Waals surface area (Å²) in [7, 11) is 1.70. The fourth-order valence-corrected chi connectivity index (χ4v) is 3.06. The lowest BCUT2D eigenvalue weighted by molar-refractivity contribution is -0.0355. The van der Waals surface area contributed by atoms with Gasteiger partial charge >= 0.3 is 6.03 Å². The van der Waals surface area contributed by atoms with Crippen LogP contribution in [0.4, 0.5) is 10.5 Å². The monoisotopic (exact) mass is 331 g/mol. The van der Waals surface area contributed by atoms with Crippen molar-refractivity contribution < 1.29 is 14.3 Å². The zero-order valence-corrected chi connectivity index (χ0v) is 14.5. The number of nitrogens with one attached hydrogen (secondary N) is 1. The van der Waals surface area contributed by atoms with Gasteiger partial charge in [-0.15, -0.1) is 0 Å². The Hall–Kier alpha value is -2.05. The molecule has 2 unspecified atom stereocenters. The Morgan fingerprint density at radius 1 is 1.38 bits per heavy atom. The SMILES string of the molecule is COCCn1ccc2ccc(NC(=O)N3CCOC(C)C3C)cc21. The van der Waals surface area contributed by atoms with E-state index in [0.717, 1.165) is 23.1 Å². The largest absolute Gasteiger partial charge is 0.383 e. The summed E-state index contributed by atoms with van der Waals surface area (Å²) >= 11 is 0. The van der Waals surface area contributed by atoms with Crippen LogP contribution in [0.2, 0.25) is 0 Å². The maximum atomic E-state index is 12.6. The number of rotatable bonds is 4. The van der Waals surface area contributed by atoms with Crippen LogP contribution in [0, 0.1) is 0 Å². The summed E-state index contributed by atoms with van der Waals surface area (Å²) in [5, 5.41) is 4.17. The first-order valence-electron chi connectivity index (χ1n) is 8.37. The molecule has 2 amide bonds. The van der Waals surface area contributed by atoms with Crippen LogP contribution >= 0.6 is 0 Å². The molecular weight excluding hydrogens is 306 g/mol. The lowest BCUT2D eigenvalue weighted by Crippen LogP contribution is -2.52. The van der Waals surface area contributed by atoms with Crippen molar-refractivity contribution in [2.45, 2.75) is 32.5 Å². The molecule has 1 aliphatic heterocycles. The Morgan fingerprint density at radius 2 is 2.21 bits per heavy atom. The summed E-state index contributed by atoms with van der Waals surface area (Å²) < 4.78 is 12.9. The third-order valence-corrected chi connectivity index (χ3v) is 4.71. The molecule has 0 bridgehead atoms. The lowest BCUT2D eigenvalue weighted by Gasteiger charge is -2.37. The van der Waals surface area contributed by atoms with E-state index in [1.165, 1.54) is 0 Å². The van der Waals surface area contributed by atoms with E-state index in [2.05, 4.69) is 16.0 Å². The number of anilines is 1. The number of hydrogen-bond donors (Lipinski definition) is 1. The molecule has 130 valence electrons. The van der Waals surface area contributed by atoms with Crippen LogP contribution < -0.4 is 5.32 Å². The number of ether oxygens (including phenoxy) is 2. The highest BCUT2D eigenvalue weighted by Gasteiger charge is 2.29. The smallest absolute Gasteiger partial charge is 0.322 e. The van der Waals surface area contributed by atoms with Gasteiger partial charge in [0.1, 0.15) is 0 Å². The molecule has 0 spiro atoms. The maximum absolute atomic E-state index is 12.6. The van der Waals surface area contributed by atoms with E-state index in [-0.39, 0.29) is 18.2 Å². The third-order valence-electron chi connectivity index (χ3n) is 4.71. The summed E-state index contributed by atoms with van der Waals surface area (Å²) in [5.74, 6) is 0. The Kier molecular flexibility index (Phi) is 5.06. The zero-order valence-electron chi connectivity index (χ0n) is 14.5. The number of aromatic nitrogens is 1. The summed E-state index contributed by atoms with van der Waals surface area (Å²) in [6.45, 7) is 6.65. The Labute approximate surface area is 142 Å². The van der Waals surface area contributed by atoms with Gasteiger partial charge in [0.15, 0.2) is 0 Å². The number of amides is 2. The fourth-order valence-electron chi connectivity index (χ4n) is 3.06. The van der Waals surface area contributed by atoms with Gasteiger partial charge in [-0.05, 0) is 37.4 Å². The molecule has 0 aliphatic carbocycles. The van der Waals surface area contributed by atoms with Crippen molar-refractivity contribution in [1.29, 1.82) is 0 Å². The van der Waals surface area contributed by atoms with Crippen LogP contribution in [0.5, 0.6) is 0 Å². The van der Waals surface area contributed by atoms with Gasteiger partial charge in [0, 0.05) is 32.1 Å². The van der Waals surface area contributed by atoms with E-state index >= 15 is 0 Å². The maximum Gasteiger partial charge on any atom is 0.322 e. The first kappa shape index (κ1) is 16.8. The average Bonchev–Trinajstić information content (AvgIpc) is 2.97. The number of urea groups is 1.